The van der Waals surface area contributed by atoms with Gasteiger partial charge in [-0.15, -0.1) is 0 Å². The van der Waals surface area contributed by atoms with E-state index in [0.29, 0.717) is 0 Å². The Morgan fingerprint density at radius 2 is 2.08 bits per heavy atom. The van der Waals surface area contributed by atoms with Crippen molar-refractivity contribution in [2.45, 2.75) is 39.3 Å². The molecule has 12 heavy (non-hydrogen) atoms. The minimum Gasteiger partial charge on any atom is -0.448 e. The van der Waals surface area contributed by atoms with Crippen molar-refractivity contribution in [3.63, 3.8) is 0 Å². The van der Waals surface area contributed by atoms with Crippen LogP contribution in [-0.2, 0) is 4.74 Å². The van der Waals surface area contributed by atoms with Crippen LogP contribution in [0, 0.1) is 0 Å². The van der Waals surface area contributed by atoms with E-state index in [-0.39, 0.29) is 18.2 Å². The van der Waals surface area contributed by atoms with Crippen molar-refractivity contribution in [3.05, 3.63) is 0 Å². The standard InChI is InChI=1S/C8H18N2O2/c1-6(9)5-12-7(11)10-8(2,3)4/h6H,5,9H2,1-4H3,(H,10,11). The van der Waals surface area contributed by atoms with Gasteiger partial charge in [-0.25, -0.2) is 4.79 Å². The van der Waals surface area contributed by atoms with Crippen LogP contribution >= 0.6 is 0 Å². The molecule has 0 saturated carbocycles. The third-order valence-electron chi connectivity index (χ3n) is 0.954. The first-order valence-electron chi connectivity index (χ1n) is 4.02. The summed E-state index contributed by atoms with van der Waals surface area (Å²) in [6, 6.07) is -0.115. The third-order valence-corrected chi connectivity index (χ3v) is 0.954. The Morgan fingerprint density at radius 3 is 2.42 bits per heavy atom. The number of carbonyl (C=O) groups excluding carboxylic acids is 1. The largest absolute Gasteiger partial charge is 0.448 e. The molecular weight excluding hydrogens is 156 g/mol. The van der Waals surface area contributed by atoms with Crippen molar-refractivity contribution >= 4 is 6.09 Å². The molecule has 3 N–H and O–H groups in total. The number of hydrogen-bond acceptors (Lipinski definition) is 3. The third kappa shape index (κ3) is 7.34. The maximum absolute atomic E-state index is 11.0. The van der Waals surface area contributed by atoms with E-state index in [1.807, 2.05) is 20.8 Å². The van der Waals surface area contributed by atoms with Gasteiger partial charge in [0.1, 0.15) is 6.61 Å². The van der Waals surface area contributed by atoms with Crippen LogP contribution in [0.4, 0.5) is 4.79 Å². The number of hydrogen-bond donors (Lipinski definition) is 2. The highest BCUT2D eigenvalue weighted by atomic mass is 16.5. The van der Waals surface area contributed by atoms with Crippen LogP contribution in [0.1, 0.15) is 27.7 Å². The lowest BCUT2D eigenvalue weighted by Gasteiger charge is -2.20. The number of alkyl carbamates (subject to hydrolysis) is 1. The first kappa shape index (κ1) is 11.2. The molecule has 0 rings (SSSR count). The molecule has 0 aromatic rings. The molecule has 0 aromatic heterocycles. The molecule has 0 aliphatic heterocycles. The zero-order valence-electron chi connectivity index (χ0n) is 8.18. The van der Waals surface area contributed by atoms with Crippen LogP contribution in [0.2, 0.25) is 0 Å². The summed E-state index contributed by atoms with van der Waals surface area (Å²) in [5.74, 6) is 0. The smallest absolute Gasteiger partial charge is 0.407 e. The Labute approximate surface area is 73.5 Å². The molecule has 72 valence electrons. The molecule has 0 aliphatic carbocycles. The number of rotatable bonds is 2. The molecule has 1 unspecified atom stereocenters. The molecule has 4 nitrogen and oxygen atoms in total. The fourth-order valence-corrected chi connectivity index (χ4v) is 0.549. The lowest BCUT2D eigenvalue weighted by molar-refractivity contribution is 0.132. The molecule has 0 spiro atoms. The van der Waals surface area contributed by atoms with Gasteiger partial charge in [0.05, 0.1) is 0 Å². The van der Waals surface area contributed by atoms with E-state index in [1.165, 1.54) is 0 Å². The summed E-state index contributed by atoms with van der Waals surface area (Å²) in [5, 5.41) is 2.66. The highest BCUT2D eigenvalue weighted by Gasteiger charge is 2.14. The minimum atomic E-state index is -0.417. The van der Waals surface area contributed by atoms with E-state index in [0.717, 1.165) is 0 Å². The summed E-state index contributed by atoms with van der Waals surface area (Å²) in [6.45, 7) is 7.70. The van der Waals surface area contributed by atoms with Crippen LogP contribution < -0.4 is 11.1 Å². The number of nitrogens with two attached hydrogens (primary N) is 1. The highest BCUT2D eigenvalue weighted by molar-refractivity contribution is 5.68. The first-order chi connectivity index (χ1) is 5.31. The summed E-state index contributed by atoms with van der Waals surface area (Å²) in [4.78, 5) is 11.0. The maximum Gasteiger partial charge on any atom is 0.407 e. The second kappa shape index (κ2) is 4.30. The molecule has 0 aromatic carbocycles. The van der Waals surface area contributed by atoms with Crippen molar-refractivity contribution in [3.8, 4) is 0 Å². The van der Waals surface area contributed by atoms with Crippen LogP contribution in [0.25, 0.3) is 0 Å². The van der Waals surface area contributed by atoms with E-state index >= 15 is 0 Å². The van der Waals surface area contributed by atoms with Crippen molar-refractivity contribution < 1.29 is 9.53 Å². The van der Waals surface area contributed by atoms with Gasteiger partial charge in [0, 0.05) is 11.6 Å². The van der Waals surface area contributed by atoms with Gasteiger partial charge in [-0.3, -0.25) is 0 Å². The Morgan fingerprint density at radius 1 is 1.58 bits per heavy atom. The van der Waals surface area contributed by atoms with E-state index in [9.17, 15) is 4.79 Å². The van der Waals surface area contributed by atoms with Crippen molar-refractivity contribution in [2.75, 3.05) is 6.61 Å². The van der Waals surface area contributed by atoms with Gasteiger partial charge in [0.2, 0.25) is 0 Å². The maximum atomic E-state index is 11.0. The lowest BCUT2D eigenvalue weighted by atomic mass is 10.1. The minimum absolute atomic E-state index is 0.115. The number of carbonyl (C=O) groups is 1. The van der Waals surface area contributed by atoms with Crippen molar-refractivity contribution in [1.29, 1.82) is 0 Å². The SMILES string of the molecule is CC(N)COC(=O)NC(C)(C)C. The molecule has 0 aliphatic rings. The fraction of sp³-hybridized carbons (Fsp3) is 0.875. The normalized spacial score (nSPS) is 13.8. The predicted molar refractivity (Wildman–Crippen MR) is 47.9 cm³/mol. The molecule has 1 amide bonds. The van der Waals surface area contributed by atoms with Gasteiger partial charge in [-0.2, -0.15) is 0 Å². The van der Waals surface area contributed by atoms with Gasteiger partial charge in [-0.05, 0) is 27.7 Å². The van der Waals surface area contributed by atoms with Gasteiger partial charge in [0.25, 0.3) is 0 Å². The molecule has 1 atom stereocenters. The summed E-state index contributed by atoms with van der Waals surface area (Å²) in [5.41, 5.74) is 5.14. The highest BCUT2D eigenvalue weighted by Crippen LogP contribution is 1.98. The predicted octanol–water partition coefficient (Wildman–Crippen LogP) is 0.858. The second-order valence-electron chi connectivity index (χ2n) is 3.95. The van der Waals surface area contributed by atoms with E-state index in [1.54, 1.807) is 6.92 Å². The average Bonchev–Trinajstić information content (AvgIpc) is 1.79. The topological polar surface area (TPSA) is 64.3 Å². The van der Waals surface area contributed by atoms with Crippen LogP contribution in [0.3, 0.4) is 0 Å². The van der Waals surface area contributed by atoms with Gasteiger partial charge < -0.3 is 15.8 Å². The number of amides is 1. The Balaban J connectivity index is 3.61. The van der Waals surface area contributed by atoms with E-state index in [4.69, 9.17) is 10.5 Å². The first-order valence-corrected chi connectivity index (χ1v) is 4.02. The van der Waals surface area contributed by atoms with Crippen LogP contribution in [0.15, 0.2) is 0 Å². The zero-order chi connectivity index (χ0) is 9.78. The van der Waals surface area contributed by atoms with Crippen molar-refractivity contribution in [2.24, 2.45) is 5.73 Å². The second-order valence-corrected chi connectivity index (χ2v) is 3.95. The lowest BCUT2D eigenvalue weighted by Crippen LogP contribution is -2.42. The fourth-order valence-electron chi connectivity index (χ4n) is 0.549. The molecule has 0 fully saturated rings. The van der Waals surface area contributed by atoms with Crippen LogP contribution in [0.5, 0.6) is 0 Å². The Kier molecular flexibility index (Phi) is 4.03. The molecule has 4 heteroatoms. The zero-order valence-corrected chi connectivity index (χ0v) is 8.18. The molecular formula is C8H18N2O2. The summed E-state index contributed by atoms with van der Waals surface area (Å²) in [7, 11) is 0. The number of ether oxygens (including phenoxy) is 1. The summed E-state index contributed by atoms with van der Waals surface area (Å²) >= 11 is 0. The average molecular weight is 174 g/mol. The molecule has 0 radical (unpaired) electrons. The quantitative estimate of drug-likeness (QED) is 0.652. The number of nitrogens with one attached hydrogen (secondary N) is 1. The van der Waals surface area contributed by atoms with E-state index in [2.05, 4.69) is 5.32 Å². The monoisotopic (exact) mass is 174 g/mol. The van der Waals surface area contributed by atoms with Crippen molar-refractivity contribution in [1.82, 2.24) is 5.32 Å². The molecule has 0 heterocycles. The Bertz CT molecular complexity index is 150. The van der Waals surface area contributed by atoms with E-state index < -0.39 is 6.09 Å². The summed E-state index contributed by atoms with van der Waals surface area (Å²) in [6.07, 6.45) is -0.417. The van der Waals surface area contributed by atoms with Crippen LogP contribution in [-0.4, -0.2) is 24.3 Å². The summed E-state index contributed by atoms with van der Waals surface area (Å²) < 4.78 is 4.80. The van der Waals surface area contributed by atoms with Gasteiger partial charge in [-0.1, -0.05) is 0 Å². The molecule has 0 saturated heterocycles. The molecule has 0 bridgehead atoms. The van der Waals surface area contributed by atoms with Gasteiger partial charge in [0.15, 0.2) is 0 Å². The van der Waals surface area contributed by atoms with Gasteiger partial charge >= 0.3 is 6.09 Å². The Hall–Kier alpha value is -0.770.